The van der Waals surface area contributed by atoms with E-state index in [0.717, 1.165) is 28.8 Å². The third-order valence-corrected chi connectivity index (χ3v) is 4.04. The minimum absolute atomic E-state index is 0.138. The maximum atomic E-state index is 6.07. The Hall–Kier alpha value is -1.31. The molecule has 0 aliphatic carbocycles. The van der Waals surface area contributed by atoms with Gasteiger partial charge in [0.05, 0.1) is 6.10 Å². The number of tetrazole rings is 1. The fourth-order valence-electron chi connectivity index (χ4n) is 1.84. The number of aromatic nitrogens is 4. The quantitative estimate of drug-likeness (QED) is 0.588. The van der Waals surface area contributed by atoms with Crippen molar-refractivity contribution in [1.29, 1.82) is 0 Å². The van der Waals surface area contributed by atoms with Gasteiger partial charge in [0, 0.05) is 36.5 Å². The van der Waals surface area contributed by atoms with Gasteiger partial charge in [0.15, 0.2) is 0 Å². The summed E-state index contributed by atoms with van der Waals surface area (Å²) in [5.74, 6) is 1.76. The molecule has 2 aromatic rings. The lowest BCUT2D eigenvalue weighted by molar-refractivity contribution is 0.239. The number of hydrogen-bond acceptors (Lipinski definition) is 6. The highest BCUT2D eigenvalue weighted by molar-refractivity contribution is 7.99. The molecule has 0 aliphatic heterocycles. The molecule has 6 nitrogen and oxygen atoms in total. The highest BCUT2D eigenvalue weighted by Crippen LogP contribution is 2.24. The first-order valence-corrected chi connectivity index (χ1v) is 8.43. The maximum Gasteiger partial charge on any atom is 0.209 e. The Balaban J connectivity index is 1.81. The number of halogens is 1. The van der Waals surface area contributed by atoms with Crippen LogP contribution in [-0.4, -0.2) is 38.6 Å². The van der Waals surface area contributed by atoms with E-state index in [2.05, 4.69) is 20.8 Å². The first-order chi connectivity index (χ1) is 10.6. The van der Waals surface area contributed by atoms with Crippen LogP contribution in [0.1, 0.15) is 19.4 Å². The van der Waals surface area contributed by atoms with Crippen molar-refractivity contribution in [2.24, 2.45) is 7.05 Å². The molecule has 1 aromatic carbocycles. The topological polar surface area (TPSA) is 64.9 Å². The van der Waals surface area contributed by atoms with Crippen LogP contribution in [0.4, 0.5) is 0 Å². The fraction of sp³-hybridized carbons (Fsp3) is 0.500. The smallest absolute Gasteiger partial charge is 0.209 e. The molecule has 1 N–H and O–H groups in total. The minimum atomic E-state index is 0.138. The van der Waals surface area contributed by atoms with E-state index in [4.69, 9.17) is 16.3 Å². The fourth-order valence-corrected chi connectivity index (χ4v) is 2.78. The van der Waals surface area contributed by atoms with Crippen LogP contribution in [0.15, 0.2) is 23.4 Å². The first kappa shape index (κ1) is 17.1. The number of rotatable bonds is 8. The SMILES string of the molecule is CC(C)Oc1ccc(Cl)cc1CNCCSc1nnnn1C. The summed E-state index contributed by atoms with van der Waals surface area (Å²) in [6, 6.07) is 5.70. The van der Waals surface area contributed by atoms with Crippen LogP contribution in [0, 0.1) is 0 Å². The summed E-state index contributed by atoms with van der Waals surface area (Å²) in [6.45, 7) is 5.57. The predicted octanol–water partition coefficient (Wildman–Crippen LogP) is 2.53. The number of aryl methyl sites for hydroxylation is 1. The standard InChI is InChI=1S/C14H20ClN5OS/c1-10(2)21-13-5-4-12(15)8-11(13)9-16-6-7-22-14-17-18-19-20(14)3/h4-5,8,10,16H,6-7,9H2,1-3H3. The van der Waals surface area contributed by atoms with Crippen molar-refractivity contribution in [2.75, 3.05) is 12.3 Å². The third kappa shape index (κ3) is 5.15. The lowest BCUT2D eigenvalue weighted by atomic mass is 10.2. The van der Waals surface area contributed by atoms with Gasteiger partial charge in [0.2, 0.25) is 5.16 Å². The lowest BCUT2D eigenvalue weighted by Gasteiger charge is -2.15. The molecule has 0 radical (unpaired) electrons. The Morgan fingerprint density at radius 1 is 1.41 bits per heavy atom. The largest absolute Gasteiger partial charge is 0.491 e. The van der Waals surface area contributed by atoms with Crippen LogP contribution in [0.2, 0.25) is 5.02 Å². The van der Waals surface area contributed by atoms with Crippen molar-refractivity contribution < 1.29 is 4.74 Å². The molecule has 120 valence electrons. The molecule has 0 aliphatic rings. The van der Waals surface area contributed by atoms with Crippen LogP contribution in [0.3, 0.4) is 0 Å². The summed E-state index contributed by atoms with van der Waals surface area (Å²) >= 11 is 7.68. The van der Waals surface area contributed by atoms with Crippen molar-refractivity contribution in [3.8, 4) is 5.75 Å². The van der Waals surface area contributed by atoms with E-state index in [0.29, 0.717) is 11.6 Å². The predicted molar refractivity (Wildman–Crippen MR) is 88.4 cm³/mol. The molecule has 0 unspecified atom stereocenters. The molecule has 0 atom stereocenters. The van der Waals surface area contributed by atoms with Gasteiger partial charge < -0.3 is 10.1 Å². The molecule has 0 spiro atoms. The second-order valence-electron chi connectivity index (χ2n) is 5.03. The van der Waals surface area contributed by atoms with Crippen molar-refractivity contribution in [1.82, 2.24) is 25.5 Å². The molecule has 0 saturated heterocycles. The molecule has 1 aromatic heterocycles. The number of benzene rings is 1. The van der Waals surface area contributed by atoms with Crippen molar-refractivity contribution >= 4 is 23.4 Å². The molecule has 8 heteroatoms. The van der Waals surface area contributed by atoms with Crippen molar-refractivity contribution in [3.63, 3.8) is 0 Å². The van der Waals surface area contributed by atoms with Gasteiger partial charge in [0.25, 0.3) is 0 Å². The first-order valence-electron chi connectivity index (χ1n) is 7.07. The number of hydrogen-bond donors (Lipinski definition) is 1. The summed E-state index contributed by atoms with van der Waals surface area (Å²) < 4.78 is 7.46. The van der Waals surface area contributed by atoms with Crippen LogP contribution in [0.5, 0.6) is 5.75 Å². The molecule has 0 amide bonds. The van der Waals surface area contributed by atoms with Crippen LogP contribution >= 0.6 is 23.4 Å². The van der Waals surface area contributed by atoms with Gasteiger partial charge >= 0.3 is 0 Å². The number of thioether (sulfide) groups is 1. The Morgan fingerprint density at radius 3 is 2.91 bits per heavy atom. The van der Waals surface area contributed by atoms with E-state index >= 15 is 0 Å². The molecule has 0 bridgehead atoms. The van der Waals surface area contributed by atoms with E-state index < -0.39 is 0 Å². The molecular formula is C14H20ClN5OS. The zero-order valence-electron chi connectivity index (χ0n) is 12.9. The third-order valence-electron chi connectivity index (χ3n) is 2.79. The monoisotopic (exact) mass is 341 g/mol. The summed E-state index contributed by atoms with van der Waals surface area (Å²) in [5.41, 5.74) is 1.06. The van der Waals surface area contributed by atoms with Crippen LogP contribution in [0.25, 0.3) is 0 Å². The Kier molecular flexibility index (Phi) is 6.48. The summed E-state index contributed by atoms with van der Waals surface area (Å²) in [5, 5.41) is 16.2. The van der Waals surface area contributed by atoms with E-state index in [9.17, 15) is 0 Å². The molecule has 2 rings (SSSR count). The van der Waals surface area contributed by atoms with Gasteiger partial charge in [0.1, 0.15) is 5.75 Å². The van der Waals surface area contributed by atoms with E-state index in [1.165, 1.54) is 0 Å². The molecule has 0 saturated carbocycles. The Bertz CT molecular complexity index is 605. The average molecular weight is 342 g/mol. The van der Waals surface area contributed by atoms with Gasteiger partial charge in [-0.1, -0.05) is 23.4 Å². The van der Waals surface area contributed by atoms with E-state index in [1.54, 1.807) is 16.4 Å². The van der Waals surface area contributed by atoms with Gasteiger partial charge in [-0.15, -0.1) is 5.10 Å². The number of nitrogens with one attached hydrogen (secondary N) is 1. The van der Waals surface area contributed by atoms with Crippen LogP contribution in [-0.2, 0) is 13.6 Å². The van der Waals surface area contributed by atoms with Gasteiger partial charge in [-0.25, -0.2) is 4.68 Å². The highest BCUT2D eigenvalue weighted by atomic mass is 35.5. The minimum Gasteiger partial charge on any atom is -0.491 e. The van der Waals surface area contributed by atoms with Crippen LogP contribution < -0.4 is 10.1 Å². The average Bonchev–Trinajstić information content (AvgIpc) is 2.86. The van der Waals surface area contributed by atoms with Gasteiger partial charge in [-0.05, 0) is 42.5 Å². The van der Waals surface area contributed by atoms with Crippen molar-refractivity contribution in [3.05, 3.63) is 28.8 Å². The maximum absolute atomic E-state index is 6.07. The number of nitrogens with zero attached hydrogens (tertiary/aromatic N) is 4. The molecule has 0 fully saturated rings. The molecule has 1 heterocycles. The number of ether oxygens (including phenoxy) is 1. The Morgan fingerprint density at radius 2 is 2.23 bits per heavy atom. The molecule has 22 heavy (non-hydrogen) atoms. The summed E-state index contributed by atoms with van der Waals surface area (Å²) in [4.78, 5) is 0. The van der Waals surface area contributed by atoms with Gasteiger partial charge in [-0.2, -0.15) is 0 Å². The highest BCUT2D eigenvalue weighted by Gasteiger charge is 2.07. The zero-order chi connectivity index (χ0) is 15.9. The zero-order valence-corrected chi connectivity index (χ0v) is 14.5. The van der Waals surface area contributed by atoms with Gasteiger partial charge in [-0.3, -0.25) is 0 Å². The normalized spacial score (nSPS) is 11.1. The Labute approximate surface area is 139 Å². The summed E-state index contributed by atoms with van der Waals surface area (Å²) in [6.07, 6.45) is 0.138. The van der Waals surface area contributed by atoms with Crippen molar-refractivity contribution in [2.45, 2.75) is 31.7 Å². The second kappa shape index (κ2) is 8.36. The van der Waals surface area contributed by atoms with E-state index in [1.807, 2.05) is 39.1 Å². The molecular weight excluding hydrogens is 322 g/mol. The summed E-state index contributed by atoms with van der Waals surface area (Å²) in [7, 11) is 1.83. The second-order valence-corrected chi connectivity index (χ2v) is 6.53. The van der Waals surface area contributed by atoms with E-state index in [-0.39, 0.29) is 6.10 Å². The lowest BCUT2D eigenvalue weighted by Crippen LogP contribution is -2.18.